The van der Waals surface area contributed by atoms with Crippen molar-refractivity contribution in [2.75, 3.05) is 16.8 Å². The highest BCUT2D eigenvalue weighted by atomic mass is 19.2. The first kappa shape index (κ1) is 18.6. The molecular weight excluding hydrogens is 326 g/mol. The number of benzene rings is 2. The molecule has 2 rings (SSSR count). The molecule has 0 spiro atoms. The lowest BCUT2D eigenvalue weighted by atomic mass is 10.1. The number of anilines is 2. The average molecular weight is 346 g/mol. The van der Waals surface area contributed by atoms with E-state index in [0.29, 0.717) is 5.69 Å². The van der Waals surface area contributed by atoms with Crippen molar-refractivity contribution >= 4 is 23.2 Å². The maximum absolute atomic E-state index is 13.4. The molecule has 0 radical (unpaired) electrons. The molecule has 0 aliphatic rings. The second-order valence-corrected chi connectivity index (χ2v) is 6.03. The van der Waals surface area contributed by atoms with Crippen LogP contribution in [-0.4, -0.2) is 18.4 Å². The first-order chi connectivity index (χ1) is 11.7. The van der Waals surface area contributed by atoms with Crippen LogP contribution < -0.4 is 10.2 Å². The van der Waals surface area contributed by atoms with Crippen LogP contribution in [0.5, 0.6) is 0 Å². The van der Waals surface area contributed by atoms with Crippen LogP contribution in [-0.2, 0) is 9.59 Å². The summed E-state index contributed by atoms with van der Waals surface area (Å²) in [5.74, 6) is -2.95. The van der Waals surface area contributed by atoms with E-state index in [9.17, 15) is 18.4 Å². The normalized spacial score (nSPS) is 10.5. The second kappa shape index (κ2) is 7.42. The van der Waals surface area contributed by atoms with Crippen LogP contribution in [0.3, 0.4) is 0 Å². The number of nitrogens with zero attached hydrogens (tertiary/aromatic N) is 1. The monoisotopic (exact) mass is 346 g/mol. The van der Waals surface area contributed by atoms with Crippen LogP contribution in [0.15, 0.2) is 30.3 Å². The van der Waals surface area contributed by atoms with Crippen LogP contribution in [0.1, 0.15) is 23.6 Å². The second-order valence-electron chi connectivity index (χ2n) is 6.03. The number of hydrogen-bond acceptors (Lipinski definition) is 2. The molecule has 2 aromatic rings. The Morgan fingerprint density at radius 2 is 1.60 bits per heavy atom. The van der Waals surface area contributed by atoms with E-state index in [1.165, 1.54) is 13.0 Å². The lowest BCUT2D eigenvalue weighted by molar-refractivity contribution is -0.120. The van der Waals surface area contributed by atoms with E-state index in [-0.39, 0.29) is 12.2 Å². The van der Waals surface area contributed by atoms with Crippen molar-refractivity contribution in [2.45, 2.75) is 27.7 Å². The van der Waals surface area contributed by atoms with Gasteiger partial charge in [0, 0.05) is 24.4 Å². The molecule has 2 aromatic carbocycles. The summed E-state index contributed by atoms with van der Waals surface area (Å²) in [6.07, 6.45) is 0. The van der Waals surface area contributed by atoms with Crippen LogP contribution in [0.4, 0.5) is 20.2 Å². The van der Waals surface area contributed by atoms with E-state index in [4.69, 9.17) is 0 Å². The molecule has 0 heterocycles. The highest BCUT2D eigenvalue weighted by Gasteiger charge is 2.18. The van der Waals surface area contributed by atoms with Crippen LogP contribution in [0, 0.1) is 32.4 Å². The van der Waals surface area contributed by atoms with Crippen molar-refractivity contribution in [3.63, 3.8) is 0 Å². The Balaban J connectivity index is 2.21. The molecule has 25 heavy (non-hydrogen) atoms. The van der Waals surface area contributed by atoms with Crippen molar-refractivity contribution in [2.24, 2.45) is 0 Å². The van der Waals surface area contributed by atoms with E-state index < -0.39 is 23.4 Å². The van der Waals surface area contributed by atoms with Gasteiger partial charge in [-0.05, 0) is 44.0 Å². The summed E-state index contributed by atoms with van der Waals surface area (Å²) in [6.45, 7) is 6.69. The third kappa shape index (κ3) is 4.41. The lowest BCUT2D eigenvalue weighted by Crippen LogP contribution is -2.37. The summed E-state index contributed by atoms with van der Waals surface area (Å²) >= 11 is 0. The van der Waals surface area contributed by atoms with Crippen LogP contribution >= 0.6 is 0 Å². The SMILES string of the molecule is CC(=O)N(CC(=O)Nc1c(C)cc(C)cc1C)c1ccc(F)c(F)c1. The first-order valence-corrected chi connectivity index (χ1v) is 7.80. The molecule has 1 N–H and O–H groups in total. The quantitative estimate of drug-likeness (QED) is 0.913. The van der Waals surface area contributed by atoms with Crippen molar-refractivity contribution in [1.82, 2.24) is 0 Å². The van der Waals surface area contributed by atoms with E-state index in [2.05, 4.69) is 5.32 Å². The Labute approximate surface area is 145 Å². The predicted molar refractivity (Wildman–Crippen MR) is 93.7 cm³/mol. The maximum atomic E-state index is 13.4. The lowest BCUT2D eigenvalue weighted by Gasteiger charge is -2.21. The molecule has 0 aromatic heterocycles. The zero-order valence-electron chi connectivity index (χ0n) is 14.6. The van der Waals surface area contributed by atoms with Crippen molar-refractivity contribution < 1.29 is 18.4 Å². The largest absolute Gasteiger partial charge is 0.324 e. The van der Waals surface area contributed by atoms with Crippen LogP contribution in [0.25, 0.3) is 0 Å². The zero-order chi connectivity index (χ0) is 18.7. The molecule has 6 heteroatoms. The van der Waals surface area contributed by atoms with E-state index in [1.54, 1.807) is 0 Å². The Morgan fingerprint density at radius 3 is 2.12 bits per heavy atom. The van der Waals surface area contributed by atoms with Gasteiger partial charge in [0.25, 0.3) is 0 Å². The topological polar surface area (TPSA) is 49.4 Å². The fourth-order valence-corrected chi connectivity index (χ4v) is 2.74. The van der Waals surface area contributed by atoms with Crippen molar-refractivity contribution in [3.05, 3.63) is 58.7 Å². The van der Waals surface area contributed by atoms with E-state index >= 15 is 0 Å². The standard InChI is InChI=1S/C19H20F2N2O2/c1-11-7-12(2)19(13(3)8-11)22-18(25)10-23(14(4)24)15-5-6-16(20)17(21)9-15/h5-9H,10H2,1-4H3,(H,22,25). The maximum Gasteiger partial charge on any atom is 0.244 e. The van der Waals surface area contributed by atoms with Crippen LogP contribution in [0.2, 0.25) is 0 Å². The fourth-order valence-electron chi connectivity index (χ4n) is 2.74. The third-order valence-electron chi connectivity index (χ3n) is 3.84. The van der Waals surface area contributed by atoms with Gasteiger partial charge in [0.05, 0.1) is 0 Å². The molecular formula is C19H20F2N2O2. The number of amides is 2. The molecule has 2 amide bonds. The molecule has 0 bridgehead atoms. The van der Waals surface area contributed by atoms with Gasteiger partial charge in [0.2, 0.25) is 11.8 Å². The fraction of sp³-hybridized carbons (Fsp3) is 0.263. The average Bonchev–Trinajstić information content (AvgIpc) is 2.51. The molecule has 0 saturated carbocycles. The van der Waals surface area contributed by atoms with Gasteiger partial charge < -0.3 is 10.2 Å². The zero-order valence-corrected chi connectivity index (χ0v) is 14.6. The summed E-state index contributed by atoms with van der Waals surface area (Å²) in [5.41, 5.74) is 3.71. The van der Waals surface area contributed by atoms with Gasteiger partial charge in [-0.3, -0.25) is 9.59 Å². The molecule has 132 valence electrons. The molecule has 0 atom stereocenters. The summed E-state index contributed by atoms with van der Waals surface area (Å²) in [6, 6.07) is 6.97. The predicted octanol–water partition coefficient (Wildman–Crippen LogP) is 3.88. The summed E-state index contributed by atoms with van der Waals surface area (Å²) in [4.78, 5) is 25.3. The number of carbonyl (C=O) groups excluding carboxylic acids is 2. The summed E-state index contributed by atoms with van der Waals surface area (Å²) < 4.78 is 26.5. The summed E-state index contributed by atoms with van der Waals surface area (Å²) in [5, 5.41) is 2.79. The molecule has 0 aliphatic carbocycles. The number of rotatable bonds is 4. The highest BCUT2D eigenvalue weighted by molar-refractivity contribution is 6.02. The van der Waals surface area contributed by atoms with E-state index in [0.717, 1.165) is 33.7 Å². The smallest absolute Gasteiger partial charge is 0.244 e. The minimum atomic E-state index is -1.07. The van der Waals surface area contributed by atoms with Gasteiger partial charge in [-0.25, -0.2) is 8.78 Å². The molecule has 0 fully saturated rings. The Morgan fingerprint density at radius 1 is 1.00 bits per heavy atom. The first-order valence-electron chi connectivity index (χ1n) is 7.80. The van der Waals surface area contributed by atoms with Gasteiger partial charge in [0.1, 0.15) is 6.54 Å². The van der Waals surface area contributed by atoms with Gasteiger partial charge >= 0.3 is 0 Å². The Bertz CT molecular complexity index is 811. The van der Waals surface area contributed by atoms with Gasteiger partial charge in [0.15, 0.2) is 11.6 Å². The number of carbonyl (C=O) groups is 2. The summed E-state index contributed by atoms with van der Waals surface area (Å²) in [7, 11) is 0. The Kier molecular flexibility index (Phi) is 5.51. The van der Waals surface area contributed by atoms with Gasteiger partial charge in [-0.1, -0.05) is 17.7 Å². The number of hydrogen-bond donors (Lipinski definition) is 1. The van der Waals surface area contributed by atoms with Crippen molar-refractivity contribution in [3.8, 4) is 0 Å². The van der Waals surface area contributed by atoms with Crippen molar-refractivity contribution in [1.29, 1.82) is 0 Å². The van der Waals surface area contributed by atoms with Gasteiger partial charge in [-0.15, -0.1) is 0 Å². The minimum Gasteiger partial charge on any atom is -0.324 e. The van der Waals surface area contributed by atoms with E-state index in [1.807, 2.05) is 32.9 Å². The molecule has 0 unspecified atom stereocenters. The molecule has 0 saturated heterocycles. The minimum absolute atomic E-state index is 0.124. The van der Waals surface area contributed by atoms with Gasteiger partial charge in [-0.2, -0.15) is 0 Å². The number of aryl methyl sites for hydroxylation is 3. The third-order valence-corrected chi connectivity index (χ3v) is 3.84. The highest BCUT2D eigenvalue weighted by Crippen LogP contribution is 2.23. The Hall–Kier alpha value is -2.76. The number of nitrogens with one attached hydrogen (secondary N) is 1. The molecule has 4 nitrogen and oxygen atoms in total. The molecule has 0 aliphatic heterocycles. The number of halogens is 2.